The van der Waals surface area contributed by atoms with E-state index >= 15 is 0 Å². The summed E-state index contributed by atoms with van der Waals surface area (Å²) >= 11 is 11.7. The topological polar surface area (TPSA) is 93.2 Å². The van der Waals surface area contributed by atoms with Crippen molar-refractivity contribution >= 4 is 34.9 Å². The summed E-state index contributed by atoms with van der Waals surface area (Å²) in [6.45, 7) is 1.69. The van der Waals surface area contributed by atoms with Crippen LogP contribution in [0, 0.1) is 21.4 Å². The first-order valence-corrected chi connectivity index (χ1v) is 5.87. The first kappa shape index (κ1) is 15.2. The zero-order chi connectivity index (χ0) is 14.6. The van der Waals surface area contributed by atoms with Gasteiger partial charge in [0.2, 0.25) is 0 Å². The minimum Gasteiger partial charge on any atom is -0.465 e. The Labute approximate surface area is 118 Å². The van der Waals surface area contributed by atoms with Crippen LogP contribution >= 0.6 is 23.2 Å². The number of halogens is 2. The molecule has 0 aliphatic rings. The van der Waals surface area contributed by atoms with Crippen molar-refractivity contribution in [2.24, 2.45) is 0 Å². The summed E-state index contributed by atoms with van der Waals surface area (Å²) in [6.07, 6.45) is 0. The summed E-state index contributed by atoms with van der Waals surface area (Å²) in [7, 11) is 0. The number of ether oxygens (including phenoxy) is 1. The van der Waals surface area contributed by atoms with Gasteiger partial charge in [-0.05, 0) is 6.92 Å². The van der Waals surface area contributed by atoms with Crippen LogP contribution in [-0.4, -0.2) is 17.5 Å². The molecule has 0 amide bonds. The van der Waals surface area contributed by atoms with Crippen molar-refractivity contribution in [1.82, 2.24) is 0 Å². The molecule has 1 rings (SSSR count). The number of benzene rings is 1. The first-order valence-electron chi connectivity index (χ1n) is 5.12. The van der Waals surface area contributed by atoms with E-state index < -0.39 is 16.8 Å². The van der Waals surface area contributed by atoms with Crippen LogP contribution in [0.5, 0.6) is 0 Å². The lowest BCUT2D eigenvalue weighted by atomic mass is 10.00. The standard InChI is InChI=1S/C11H8Cl2N2O4/c1-2-19-11(16)7(5-14)10-8(12)3-6(15(17)18)4-9(10)13/h3-4,7H,2H2,1H3. The van der Waals surface area contributed by atoms with Gasteiger partial charge in [0.05, 0.1) is 27.6 Å². The quantitative estimate of drug-likeness (QED) is 0.484. The monoisotopic (exact) mass is 302 g/mol. The van der Waals surface area contributed by atoms with E-state index in [1.54, 1.807) is 13.0 Å². The van der Waals surface area contributed by atoms with Crippen molar-refractivity contribution in [1.29, 1.82) is 5.26 Å². The highest BCUT2D eigenvalue weighted by molar-refractivity contribution is 6.37. The maximum Gasteiger partial charge on any atom is 0.328 e. The van der Waals surface area contributed by atoms with E-state index in [4.69, 9.17) is 33.2 Å². The number of non-ortho nitro benzene ring substituents is 1. The Kier molecular flexibility index (Phi) is 5.10. The third kappa shape index (κ3) is 3.34. The average Bonchev–Trinajstić information content (AvgIpc) is 2.33. The number of carbonyl (C=O) groups is 1. The molecule has 6 nitrogen and oxygen atoms in total. The minimum atomic E-state index is -1.32. The Morgan fingerprint density at radius 3 is 2.42 bits per heavy atom. The smallest absolute Gasteiger partial charge is 0.328 e. The molecule has 0 radical (unpaired) electrons. The molecule has 1 unspecified atom stereocenters. The van der Waals surface area contributed by atoms with Crippen LogP contribution in [0.3, 0.4) is 0 Å². The van der Waals surface area contributed by atoms with Crippen LogP contribution in [0.2, 0.25) is 10.0 Å². The second-order valence-electron chi connectivity index (χ2n) is 3.39. The zero-order valence-corrected chi connectivity index (χ0v) is 11.2. The number of nitro groups is 1. The van der Waals surface area contributed by atoms with Gasteiger partial charge in [0.1, 0.15) is 0 Å². The summed E-state index contributed by atoms with van der Waals surface area (Å²) in [5.41, 5.74) is -0.311. The molecule has 100 valence electrons. The summed E-state index contributed by atoms with van der Waals surface area (Å²) in [4.78, 5) is 21.6. The second kappa shape index (κ2) is 6.36. The Morgan fingerprint density at radius 2 is 2.05 bits per heavy atom. The molecule has 0 saturated carbocycles. The van der Waals surface area contributed by atoms with Crippen molar-refractivity contribution in [2.75, 3.05) is 6.61 Å². The second-order valence-corrected chi connectivity index (χ2v) is 4.21. The zero-order valence-electron chi connectivity index (χ0n) is 9.72. The molecule has 8 heteroatoms. The van der Waals surface area contributed by atoms with Gasteiger partial charge in [-0.25, -0.2) is 0 Å². The summed E-state index contributed by atoms with van der Waals surface area (Å²) < 4.78 is 4.72. The van der Waals surface area contributed by atoms with Gasteiger partial charge < -0.3 is 4.74 Å². The molecule has 0 aliphatic heterocycles. The van der Waals surface area contributed by atoms with Gasteiger partial charge in [-0.15, -0.1) is 0 Å². The number of nitrogens with zero attached hydrogens (tertiary/aromatic N) is 2. The van der Waals surface area contributed by atoms with Crippen LogP contribution in [0.4, 0.5) is 5.69 Å². The molecule has 0 aliphatic carbocycles. The van der Waals surface area contributed by atoms with Gasteiger partial charge in [0, 0.05) is 17.7 Å². The summed E-state index contributed by atoms with van der Waals surface area (Å²) in [6, 6.07) is 3.79. The number of hydrogen-bond donors (Lipinski definition) is 0. The number of carbonyl (C=O) groups excluding carboxylic acids is 1. The predicted octanol–water partition coefficient (Wildman–Crippen LogP) is 3.07. The molecule has 0 spiro atoms. The van der Waals surface area contributed by atoms with Crippen molar-refractivity contribution in [2.45, 2.75) is 12.8 Å². The lowest BCUT2D eigenvalue weighted by Crippen LogP contribution is -2.15. The lowest BCUT2D eigenvalue weighted by molar-refractivity contribution is -0.384. The maximum atomic E-state index is 11.6. The normalized spacial score (nSPS) is 11.5. The fourth-order valence-corrected chi connectivity index (χ4v) is 2.11. The highest BCUT2D eigenvalue weighted by atomic mass is 35.5. The number of nitriles is 1. The van der Waals surface area contributed by atoms with Crippen LogP contribution in [0.25, 0.3) is 0 Å². The average molecular weight is 303 g/mol. The molecule has 1 atom stereocenters. The van der Waals surface area contributed by atoms with Crippen LogP contribution in [0.15, 0.2) is 12.1 Å². The van der Waals surface area contributed by atoms with E-state index in [0.717, 1.165) is 12.1 Å². The fraction of sp³-hybridized carbons (Fsp3) is 0.273. The third-order valence-electron chi connectivity index (χ3n) is 2.21. The summed E-state index contributed by atoms with van der Waals surface area (Å²) in [5, 5.41) is 19.4. The van der Waals surface area contributed by atoms with E-state index in [1.807, 2.05) is 0 Å². The molecular weight excluding hydrogens is 295 g/mol. The Morgan fingerprint density at radius 1 is 1.53 bits per heavy atom. The first-order chi connectivity index (χ1) is 8.92. The largest absolute Gasteiger partial charge is 0.465 e. The van der Waals surface area contributed by atoms with Crippen LogP contribution in [-0.2, 0) is 9.53 Å². The molecule has 0 bridgehead atoms. The lowest BCUT2D eigenvalue weighted by Gasteiger charge is -2.12. The highest BCUT2D eigenvalue weighted by Crippen LogP contribution is 2.35. The fourth-order valence-electron chi connectivity index (χ4n) is 1.41. The molecule has 1 aromatic rings. The number of hydrogen-bond acceptors (Lipinski definition) is 5. The Hall–Kier alpha value is -1.84. The van der Waals surface area contributed by atoms with Crippen molar-refractivity contribution < 1.29 is 14.5 Å². The molecule has 0 N–H and O–H groups in total. The number of nitro benzene ring substituents is 1. The number of esters is 1. The molecule has 0 saturated heterocycles. The minimum absolute atomic E-state index is 0.00915. The SMILES string of the molecule is CCOC(=O)C(C#N)c1c(Cl)cc([N+](=O)[O-])cc1Cl. The van der Waals surface area contributed by atoms with E-state index in [0.29, 0.717) is 0 Å². The predicted molar refractivity (Wildman–Crippen MR) is 68.1 cm³/mol. The molecular formula is C11H8Cl2N2O4. The maximum absolute atomic E-state index is 11.6. The van der Waals surface area contributed by atoms with Crippen LogP contribution in [0.1, 0.15) is 18.4 Å². The number of rotatable bonds is 4. The Balaban J connectivity index is 3.30. The van der Waals surface area contributed by atoms with Gasteiger partial charge in [-0.3, -0.25) is 14.9 Å². The molecule has 1 aromatic carbocycles. The highest BCUT2D eigenvalue weighted by Gasteiger charge is 2.28. The van der Waals surface area contributed by atoms with E-state index in [2.05, 4.69) is 0 Å². The van der Waals surface area contributed by atoms with E-state index in [1.165, 1.54) is 0 Å². The van der Waals surface area contributed by atoms with Crippen molar-refractivity contribution in [3.8, 4) is 6.07 Å². The van der Waals surface area contributed by atoms with Crippen molar-refractivity contribution in [3.63, 3.8) is 0 Å². The third-order valence-corrected chi connectivity index (χ3v) is 2.84. The Bertz CT molecular complexity index is 545. The summed E-state index contributed by atoms with van der Waals surface area (Å²) in [5.74, 6) is -2.12. The van der Waals surface area contributed by atoms with Crippen molar-refractivity contribution in [3.05, 3.63) is 37.9 Å². The van der Waals surface area contributed by atoms with Gasteiger partial charge in [-0.1, -0.05) is 23.2 Å². The molecule has 0 heterocycles. The van der Waals surface area contributed by atoms with Gasteiger partial charge in [0.15, 0.2) is 5.92 Å². The van der Waals surface area contributed by atoms with Gasteiger partial charge in [-0.2, -0.15) is 5.26 Å². The molecule has 19 heavy (non-hydrogen) atoms. The van der Waals surface area contributed by atoms with Crippen LogP contribution < -0.4 is 0 Å². The van der Waals surface area contributed by atoms with E-state index in [9.17, 15) is 14.9 Å². The van der Waals surface area contributed by atoms with Gasteiger partial charge in [0.25, 0.3) is 5.69 Å². The molecule has 0 aromatic heterocycles. The van der Waals surface area contributed by atoms with Gasteiger partial charge >= 0.3 is 5.97 Å². The van der Waals surface area contributed by atoms with E-state index in [-0.39, 0.29) is 27.9 Å². The molecule has 0 fully saturated rings.